The molecule has 1 aromatic carbocycles. The summed E-state index contributed by atoms with van der Waals surface area (Å²) in [5.41, 5.74) is 1.07. The Bertz CT molecular complexity index is 718. The summed E-state index contributed by atoms with van der Waals surface area (Å²) in [6.07, 6.45) is 1.77. The Morgan fingerprint density at radius 3 is 2.57 bits per heavy atom. The maximum atomic E-state index is 12.6. The number of nitrogens with one attached hydrogen (secondary N) is 1. The molecule has 3 rings (SSSR count). The van der Waals surface area contributed by atoms with Crippen LogP contribution in [0.15, 0.2) is 30.3 Å². The third-order valence-electron chi connectivity index (χ3n) is 6.00. The van der Waals surface area contributed by atoms with E-state index < -0.39 is 5.97 Å². The van der Waals surface area contributed by atoms with Gasteiger partial charge in [0.05, 0.1) is 18.5 Å². The zero-order chi connectivity index (χ0) is 20.3. The predicted molar refractivity (Wildman–Crippen MR) is 105 cm³/mol. The van der Waals surface area contributed by atoms with E-state index in [1.807, 2.05) is 49.1 Å². The maximum absolute atomic E-state index is 12.6. The maximum Gasteiger partial charge on any atom is 0.317 e. The predicted octanol–water partition coefficient (Wildman–Crippen LogP) is 1.65. The van der Waals surface area contributed by atoms with Crippen LogP contribution in [-0.4, -0.2) is 64.4 Å². The van der Waals surface area contributed by atoms with Crippen molar-refractivity contribution < 1.29 is 19.5 Å². The molecule has 1 aliphatic heterocycles. The van der Waals surface area contributed by atoms with Crippen LogP contribution >= 0.6 is 0 Å². The molecule has 2 unspecified atom stereocenters. The Morgan fingerprint density at radius 2 is 1.96 bits per heavy atom. The van der Waals surface area contributed by atoms with E-state index in [0.717, 1.165) is 18.4 Å². The molecule has 2 amide bonds. The topological polar surface area (TPSA) is 90.0 Å². The number of nitrogens with zero attached hydrogens (tertiary/aromatic N) is 2. The first-order chi connectivity index (χ1) is 13.4. The first-order valence-corrected chi connectivity index (χ1v) is 9.99. The number of likely N-dealkylation sites (tertiary alicyclic amines) is 1. The molecule has 7 nitrogen and oxygen atoms in total. The highest BCUT2D eigenvalue weighted by Crippen LogP contribution is 2.30. The lowest BCUT2D eigenvalue weighted by Crippen LogP contribution is -2.55. The quantitative estimate of drug-likeness (QED) is 0.708. The fourth-order valence-corrected chi connectivity index (χ4v) is 4.19. The van der Waals surface area contributed by atoms with Crippen molar-refractivity contribution in [2.24, 2.45) is 5.92 Å². The molecule has 152 valence electrons. The summed E-state index contributed by atoms with van der Waals surface area (Å²) in [5, 5.41) is 12.0. The summed E-state index contributed by atoms with van der Waals surface area (Å²) in [6.45, 7) is 5.09. The number of carbonyl (C=O) groups excluding carboxylic acids is 2. The van der Waals surface area contributed by atoms with E-state index in [-0.39, 0.29) is 48.8 Å². The Labute approximate surface area is 165 Å². The van der Waals surface area contributed by atoms with Crippen molar-refractivity contribution in [3.8, 4) is 0 Å². The first-order valence-electron chi connectivity index (χ1n) is 9.99. The molecule has 28 heavy (non-hydrogen) atoms. The minimum atomic E-state index is -0.827. The average molecular weight is 387 g/mol. The number of rotatable bonds is 8. The second-order valence-corrected chi connectivity index (χ2v) is 7.82. The van der Waals surface area contributed by atoms with E-state index in [9.17, 15) is 14.4 Å². The number of carboxylic acids is 1. The zero-order valence-corrected chi connectivity index (χ0v) is 16.5. The molecule has 0 spiro atoms. The smallest absolute Gasteiger partial charge is 0.317 e. The molecule has 7 heteroatoms. The van der Waals surface area contributed by atoms with Gasteiger partial charge in [-0.15, -0.1) is 0 Å². The van der Waals surface area contributed by atoms with Gasteiger partial charge in [0.15, 0.2) is 0 Å². The van der Waals surface area contributed by atoms with Gasteiger partial charge in [0.1, 0.15) is 0 Å². The lowest BCUT2D eigenvalue weighted by molar-refractivity contribution is -0.140. The molecule has 0 aromatic heterocycles. The van der Waals surface area contributed by atoms with Crippen molar-refractivity contribution in [1.29, 1.82) is 0 Å². The van der Waals surface area contributed by atoms with Crippen LogP contribution in [0.3, 0.4) is 0 Å². The van der Waals surface area contributed by atoms with Gasteiger partial charge in [-0.1, -0.05) is 37.3 Å². The van der Waals surface area contributed by atoms with Crippen LogP contribution in [-0.2, 0) is 14.4 Å². The first kappa shape index (κ1) is 20.3. The van der Waals surface area contributed by atoms with Crippen molar-refractivity contribution in [1.82, 2.24) is 15.1 Å². The highest BCUT2D eigenvalue weighted by Gasteiger charge is 2.40. The second-order valence-electron chi connectivity index (χ2n) is 7.82. The highest BCUT2D eigenvalue weighted by molar-refractivity contribution is 5.89. The van der Waals surface area contributed by atoms with Gasteiger partial charge in [-0.3, -0.25) is 19.3 Å². The third-order valence-corrected chi connectivity index (χ3v) is 6.00. The van der Waals surface area contributed by atoms with Crippen LogP contribution in [0.5, 0.6) is 0 Å². The molecular weight excluding hydrogens is 358 g/mol. The van der Waals surface area contributed by atoms with Crippen LogP contribution in [0.1, 0.15) is 44.7 Å². The second kappa shape index (κ2) is 8.73. The Balaban J connectivity index is 1.49. The van der Waals surface area contributed by atoms with E-state index in [4.69, 9.17) is 5.11 Å². The van der Waals surface area contributed by atoms with Gasteiger partial charge in [0.25, 0.3) is 0 Å². The van der Waals surface area contributed by atoms with Gasteiger partial charge < -0.3 is 15.3 Å². The fraction of sp³-hybridized carbons (Fsp3) is 0.571. The van der Waals surface area contributed by atoms with E-state index in [2.05, 4.69) is 5.32 Å². The highest BCUT2D eigenvalue weighted by atomic mass is 16.4. The number of carboxylic acid groups (broad SMARTS) is 1. The standard InChI is InChI=1S/C21H29N3O4/c1-3-23(13-20(26)27)18-10-17(11-18)22-21(28)16-9-19(25)24(12-16)14(2)15-7-5-4-6-8-15/h4-8,14,16-18H,3,9-13H2,1-2H3,(H,22,28)(H,26,27). The van der Waals surface area contributed by atoms with Gasteiger partial charge in [0.2, 0.25) is 11.8 Å². The number of hydrogen-bond acceptors (Lipinski definition) is 4. The van der Waals surface area contributed by atoms with Crippen LogP contribution in [0, 0.1) is 5.92 Å². The van der Waals surface area contributed by atoms with E-state index in [1.165, 1.54) is 0 Å². The Hall–Kier alpha value is -2.41. The molecule has 1 aromatic rings. The lowest BCUT2D eigenvalue weighted by Gasteiger charge is -2.42. The molecule has 1 saturated carbocycles. The lowest BCUT2D eigenvalue weighted by atomic mass is 9.85. The van der Waals surface area contributed by atoms with Crippen molar-refractivity contribution in [2.45, 2.75) is 51.2 Å². The molecule has 0 bridgehead atoms. The van der Waals surface area contributed by atoms with Gasteiger partial charge in [-0.2, -0.15) is 0 Å². The minimum Gasteiger partial charge on any atom is -0.480 e. The largest absolute Gasteiger partial charge is 0.480 e. The number of amides is 2. The van der Waals surface area contributed by atoms with Gasteiger partial charge in [-0.25, -0.2) is 0 Å². The third kappa shape index (κ3) is 4.52. The number of carbonyl (C=O) groups is 3. The molecule has 0 radical (unpaired) electrons. The van der Waals surface area contributed by atoms with E-state index >= 15 is 0 Å². The monoisotopic (exact) mass is 387 g/mol. The molecule has 2 aliphatic rings. The number of aliphatic carboxylic acids is 1. The normalized spacial score (nSPS) is 25.5. The Morgan fingerprint density at radius 1 is 1.29 bits per heavy atom. The molecule has 1 saturated heterocycles. The van der Waals surface area contributed by atoms with E-state index in [0.29, 0.717) is 13.1 Å². The molecule has 2 atom stereocenters. The summed E-state index contributed by atoms with van der Waals surface area (Å²) in [6, 6.07) is 10.1. The van der Waals surface area contributed by atoms with Gasteiger partial charge in [-0.05, 0) is 31.9 Å². The summed E-state index contributed by atoms with van der Waals surface area (Å²) < 4.78 is 0. The Kier molecular flexibility index (Phi) is 6.34. The minimum absolute atomic E-state index is 0.0154. The van der Waals surface area contributed by atoms with Gasteiger partial charge in [0, 0.05) is 25.0 Å². The van der Waals surface area contributed by atoms with Crippen molar-refractivity contribution in [2.75, 3.05) is 19.6 Å². The SMILES string of the molecule is CCN(CC(=O)O)C1CC(NC(=O)C2CC(=O)N(C(C)c3ccccc3)C2)C1. The molecule has 1 aliphatic carbocycles. The number of likely N-dealkylation sites (N-methyl/N-ethyl adjacent to an activating group) is 1. The fourth-order valence-electron chi connectivity index (χ4n) is 4.19. The summed E-state index contributed by atoms with van der Waals surface area (Å²) >= 11 is 0. The van der Waals surface area contributed by atoms with Crippen LogP contribution in [0.25, 0.3) is 0 Å². The van der Waals surface area contributed by atoms with Crippen LogP contribution in [0.4, 0.5) is 0 Å². The molecule has 1 heterocycles. The average Bonchev–Trinajstić information content (AvgIpc) is 3.04. The van der Waals surface area contributed by atoms with Crippen LogP contribution in [0.2, 0.25) is 0 Å². The summed E-state index contributed by atoms with van der Waals surface area (Å²) in [4.78, 5) is 39.7. The molecule has 2 N–H and O–H groups in total. The van der Waals surface area contributed by atoms with Crippen molar-refractivity contribution in [3.05, 3.63) is 35.9 Å². The number of benzene rings is 1. The van der Waals surface area contributed by atoms with Crippen molar-refractivity contribution >= 4 is 17.8 Å². The van der Waals surface area contributed by atoms with Gasteiger partial charge >= 0.3 is 5.97 Å². The van der Waals surface area contributed by atoms with E-state index in [1.54, 1.807) is 4.90 Å². The molecule has 2 fully saturated rings. The molecular formula is C21H29N3O4. The van der Waals surface area contributed by atoms with Crippen molar-refractivity contribution in [3.63, 3.8) is 0 Å². The number of hydrogen-bond donors (Lipinski definition) is 2. The van der Waals surface area contributed by atoms with Crippen LogP contribution < -0.4 is 5.32 Å². The summed E-state index contributed by atoms with van der Waals surface area (Å²) in [5.74, 6) is -1.20. The zero-order valence-electron chi connectivity index (χ0n) is 16.5. The summed E-state index contributed by atoms with van der Waals surface area (Å²) in [7, 11) is 0.